The molecule has 4 heteroatoms. The van der Waals surface area contributed by atoms with Gasteiger partial charge in [0, 0.05) is 35.4 Å². The summed E-state index contributed by atoms with van der Waals surface area (Å²) in [6, 6.07) is 13.2. The van der Waals surface area contributed by atoms with E-state index in [0.717, 1.165) is 36.8 Å². The molecule has 1 amide bonds. The molecule has 158 valence electrons. The number of benzene rings is 1. The molecule has 1 fully saturated rings. The van der Waals surface area contributed by atoms with Gasteiger partial charge >= 0.3 is 0 Å². The zero-order chi connectivity index (χ0) is 20.5. The second-order valence-electron chi connectivity index (χ2n) is 8.38. The van der Waals surface area contributed by atoms with Gasteiger partial charge in [-0.1, -0.05) is 73.5 Å². The normalized spacial score (nSPS) is 14.8. The third kappa shape index (κ3) is 6.74. The number of halogens is 1. The molecule has 1 heterocycles. The molecule has 0 saturated heterocycles. The Balaban J connectivity index is 1.69. The number of carbonyl (C=O) groups is 1. The molecule has 1 aromatic heterocycles. The number of aromatic nitrogens is 1. The van der Waals surface area contributed by atoms with E-state index in [4.69, 9.17) is 0 Å². The Morgan fingerprint density at radius 3 is 2.55 bits per heavy atom. The van der Waals surface area contributed by atoms with Crippen molar-refractivity contribution in [3.8, 4) is 0 Å². The van der Waals surface area contributed by atoms with E-state index in [1.54, 1.807) is 0 Å². The van der Waals surface area contributed by atoms with Crippen LogP contribution in [0.15, 0.2) is 47.1 Å². The smallest absolute Gasteiger partial charge is 0.223 e. The molecule has 1 saturated carbocycles. The Morgan fingerprint density at radius 1 is 1.07 bits per heavy atom. The van der Waals surface area contributed by atoms with Crippen molar-refractivity contribution < 1.29 is 4.79 Å². The van der Waals surface area contributed by atoms with E-state index in [0.29, 0.717) is 18.4 Å². The standard InChI is InChI=1S/C25H35BrN2O/c1-2-3-4-8-13-25(29)28(23-10-6-5-7-11-23)20-24-12-9-18-27(24)19-21-14-16-22(26)17-15-21/h9,12,14-18,23H,2-8,10-11,13,19-20H2,1H3. The molecular formula is C25H35BrN2O. The lowest BCUT2D eigenvalue weighted by atomic mass is 9.93. The van der Waals surface area contributed by atoms with E-state index in [-0.39, 0.29) is 0 Å². The average molecular weight is 459 g/mol. The summed E-state index contributed by atoms with van der Waals surface area (Å²) in [6.45, 7) is 3.80. The molecule has 0 spiro atoms. The predicted octanol–water partition coefficient (Wildman–Crippen LogP) is 6.93. The van der Waals surface area contributed by atoms with Gasteiger partial charge < -0.3 is 9.47 Å². The molecule has 3 rings (SSSR count). The zero-order valence-electron chi connectivity index (χ0n) is 17.8. The topological polar surface area (TPSA) is 25.2 Å². The van der Waals surface area contributed by atoms with Crippen molar-refractivity contribution in [1.29, 1.82) is 0 Å². The fourth-order valence-corrected chi connectivity index (χ4v) is 4.63. The fourth-order valence-electron chi connectivity index (χ4n) is 4.37. The van der Waals surface area contributed by atoms with Gasteiger partial charge in [-0.3, -0.25) is 4.79 Å². The first kappa shape index (κ1) is 22.1. The van der Waals surface area contributed by atoms with Crippen LogP contribution in [0, 0.1) is 0 Å². The minimum Gasteiger partial charge on any atom is -0.345 e. The highest BCUT2D eigenvalue weighted by atomic mass is 79.9. The number of amides is 1. The Bertz CT molecular complexity index is 746. The maximum Gasteiger partial charge on any atom is 0.223 e. The minimum atomic E-state index is 0.351. The summed E-state index contributed by atoms with van der Waals surface area (Å²) in [6.07, 6.45) is 13.6. The quantitative estimate of drug-likeness (QED) is 0.354. The highest BCUT2D eigenvalue weighted by Crippen LogP contribution is 2.26. The number of unbranched alkanes of at least 4 members (excludes halogenated alkanes) is 3. The van der Waals surface area contributed by atoms with Crippen molar-refractivity contribution in [3.63, 3.8) is 0 Å². The van der Waals surface area contributed by atoms with Crippen LogP contribution in [0.25, 0.3) is 0 Å². The van der Waals surface area contributed by atoms with Gasteiger partial charge in [0.25, 0.3) is 0 Å². The van der Waals surface area contributed by atoms with Crippen molar-refractivity contribution in [2.24, 2.45) is 0 Å². The van der Waals surface area contributed by atoms with E-state index in [1.807, 2.05) is 0 Å². The first-order chi connectivity index (χ1) is 14.2. The molecule has 1 aliphatic rings. The Morgan fingerprint density at radius 2 is 1.83 bits per heavy atom. The van der Waals surface area contributed by atoms with Crippen molar-refractivity contribution in [1.82, 2.24) is 9.47 Å². The van der Waals surface area contributed by atoms with Gasteiger partial charge in [-0.05, 0) is 49.1 Å². The van der Waals surface area contributed by atoms with Crippen LogP contribution in [-0.2, 0) is 17.9 Å². The van der Waals surface area contributed by atoms with Crippen LogP contribution in [0.1, 0.15) is 82.4 Å². The van der Waals surface area contributed by atoms with Gasteiger partial charge in [0.1, 0.15) is 0 Å². The molecular weight excluding hydrogens is 424 g/mol. The Hall–Kier alpha value is -1.55. The molecule has 0 unspecified atom stereocenters. The number of hydrogen-bond acceptors (Lipinski definition) is 1. The maximum absolute atomic E-state index is 13.2. The van der Waals surface area contributed by atoms with Crippen molar-refractivity contribution in [3.05, 3.63) is 58.3 Å². The van der Waals surface area contributed by atoms with Gasteiger partial charge in [0.05, 0.1) is 6.54 Å². The Kier molecular flexibility index (Phi) is 8.85. The van der Waals surface area contributed by atoms with Crippen LogP contribution >= 0.6 is 15.9 Å². The van der Waals surface area contributed by atoms with Crippen molar-refractivity contribution in [2.45, 2.75) is 90.3 Å². The molecule has 0 atom stereocenters. The lowest BCUT2D eigenvalue weighted by molar-refractivity contribution is -0.135. The van der Waals surface area contributed by atoms with E-state index in [9.17, 15) is 4.79 Å². The van der Waals surface area contributed by atoms with Crippen LogP contribution in [0.2, 0.25) is 0 Å². The first-order valence-electron chi connectivity index (χ1n) is 11.4. The second kappa shape index (κ2) is 11.6. The summed E-state index contributed by atoms with van der Waals surface area (Å²) in [4.78, 5) is 15.4. The van der Waals surface area contributed by atoms with Crippen LogP contribution in [0.3, 0.4) is 0 Å². The number of hydrogen-bond donors (Lipinski definition) is 0. The monoisotopic (exact) mass is 458 g/mol. The summed E-state index contributed by atoms with van der Waals surface area (Å²) < 4.78 is 3.40. The molecule has 2 aromatic rings. The number of rotatable bonds is 10. The third-order valence-electron chi connectivity index (χ3n) is 6.10. The number of nitrogens with zero attached hydrogens (tertiary/aromatic N) is 2. The van der Waals surface area contributed by atoms with Crippen LogP contribution in [0.5, 0.6) is 0 Å². The fraction of sp³-hybridized carbons (Fsp3) is 0.560. The van der Waals surface area contributed by atoms with Crippen molar-refractivity contribution in [2.75, 3.05) is 0 Å². The maximum atomic E-state index is 13.2. The molecule has 0 aliphatic heterocycles. The molecule has 3 nitrogen and oxygen atoms in total. The third-order valence-corrected chi connectivity index (χ3v) is 6.63. The van der Waals surface area contributed by atoms with E-state index in [2.05, 4.69) is 74.9 Å². The SMILES string of the molecule is CCCCCCC(=O)N(Cc1cccn1Cc1ccc(Br)cc1)C1CCCCC1. The predicted molar refractivity (Wildman–Crippen MR) is 124 cm³/mol. The summed E-state index contributed by atoms with van der Waals surface area (Å²) in [7, 11) is 0. The molecule has 1 aliphatic carbocycles. The first-order valence-corrected chi connectivity index (χ1v) is 12.1. The van der Waals surface area contributed by atoms with Crippen molar-refractivity contribution >= 4 is 21.8 Å². The summed E-state index contributed by atoms with van der Waals surface area (Å²) in [5.41, 5.74) is 2.51. The highest BCUT2D eigenvalue weighted by Gasteiger charge is 2.26. The average Bonchev–Trinajstić information content (AvgIpc) is 3.18. The van der Waals surface area contributed by atoms with Crippen LogP contribution in [-0.4, -0.2) is 21.4 Å². The lowest BCUT2D eigenvalue weighted by Crippen LogP contribution is -2.41. The van der Waals surface area contributed by atoms with Gasteiger partial charge in [-0.15, -0.1) is 0 Å². The van der Waals surface area contributed by atoms with Crippen LogP contribution in [0.4, 0.5) is 0 Å². The van der Waals surface area contributed by atoms with Gasteiger partial charge in [-0.2, -0.15) is 0 Å². The number of carbonyl (C=O) groups excluding carboxylic acids is 1. The molecule has 1 aromatic carbocycles. The zero-order valence-corrected chi connectivity index (χ0v) is 19.4. The summed E-state index contributed by atoms with van der Waals surface area (Å²) in [5, 5.41) is 0. The van der Waals surface area contributed by atoms with Gasteiger partial charge in [0.2, 0.25) is 5.91 Å². The van der Waals surface area contributed by atoms with Crippen LogP contribution < -0.4 is 0 Å². The lowest BCUT2D eigenvalue weighted by Gasteiger charge is -2.35. The molecule has 0 bridgehead atoms. The molecule has 0 N–H and O–H groups in total. The Labute approximate surface area is 184 Å². The minimum absolute atomic E-state index is 0.351. The second-order valence-corrected chi connectivity index (χ2v) is 9.29. The summed E-state index contributed by atoms with van der Waals surface area (Å²) in [5.74, 6) is 0.351. The summed E-state index contributed by atoms with van der Waals surface area (Å²) >= 11 is 3.51. The molecule has 29 heavy (non-hydrogen) atoms. The van der Waals surface area contributed by atoms with E-state index < -0.39 is 0 Å². The highest BCUT2D eigenvalue weighted by molar-refractivity contribution is 9.10. The van der Waals surface area contributed by atoms with Gasteiger partial charge in [0.15, 0.2) is 0 Å². The van der Waals surface area contributed by atoms with Gasteiger partial charge in [-0.25, -0.2) is 0 Å². The molecule has 0 radical (unpaired) electrons. The van der Waals surface area contributed by atoms with E-state index >= 15 is 0 Å². The largest absolute Gasteiger partial charge is 0.345 e. The van der Waals surface area contributed by atoms with E-state index in [1.165, 1.54) is 49.8 Å².